The second kappa shape index (κ2) is 11.5. The molecule has 0 saturated carbocycles. The Labute approximate surface area is 195 Å². The Kier molecular flexibility index (Phi) is 8.46. The molecule has 1 aliphatic heterocycles. The van der Waals surface area contributed by atoms with Gasteiger partial charge >= 0.3 is 0 Å². The lowest BCUT2D eigenvalue weighted by atomic mass is 9.88. The van der Waals surface area contributed by atoms with Crippen molar-refractivity contribution >= 4 is 17.7 Å². The Morgan fingerprint density at radius 3 is 2.30 bits per heavy atom. The Morgan fingerprint density at radius 2 is 1.67 bits per heavy atom. The summed E-state index contributed by atoms with van der Waals surface area (Å²) in [4.78, 5) is 40.7. The molecule has 1 heterocycles. The van der Waals surface area contributed by atoms with Gasteiger partial charge in [-0.3, -0.25) is 14.4 Å². The summed E-state index contributed by atoms with van der Waals surface area (Å²) < 4.78 is 5.21. The summed E-state index contributed by atoms with van der Waals surface area (Å²) in [5.74, 6) is 0.00363. The molecule has 2 aromatic rings. The lowest BCUT2D eigenvalue weighted by molar-refractivity contribution is -0.125. The van der Waals surface area contributed by atoms with E-state index in [1.165, 1.54) is 0 Å². The number of piperidine rings is 1. The van der Waals surface area contributed by atoms with Gasteiger partial charge in [-0.1, -0.05) is 31.2 Å². The van der Waals surface area contributed by atoms with E-state index in [4.69, 9.17) is 4.74 Å². The van der Waals surface area contributed by atoms with Crippen LogP contribution >= 0.6 is 0 Å². The summed E-state index contributed by atoms with van der Waals surface area (Å²) in [7, 11) is 1.55. The number of carbonyl (C=O) groups is 3. The first-order valence-electron chi connectivity index (χ1n) is 11.5. The summed E-state index contributed by atoms with van der Waals surface area (Å²) in [6.07, 6.45) is 2.07. The normalized spacial score (nSPS) is 15.9. The van der Waals surface area contributed by atoms with E-state index in [1.54, 1.807) is 31.4 Å². The van der Waals surface area contributed by atoms with E-state index in [1.807, 2.05) is 49.1 Å². The van der Waals surface area contributed by atoms with E-state index in [0.29, 0.717) is 42.8 Å². The first-order valence-corrected chi connectivity index (χ1v) is 11.5. The van der Waals surface area contributed by atoms with Crippen molar-refractivity contribution in [1.82, 2.24) is 15.5 Å². The van der Waals surface area contributed by atoms with Crippen molar-refractivity contribution in [2.24, 2.45) is 5.92 Å². The zero-order chi connectivity index (χ0) is 23.8. The van der Waals surface area contributed by atoms with E-state index in [0.717, 1.165) is 6.42 Å². The number of hydrogen-bond acceptors (Lipinski definition) is 4. The minimum atomic E-state index is -0.674. The molecule has 0 aliphatic carbocycles. The lowest BCUT2D eigenvalue weighted by Gasteiger charge is -2.36. The maximum absolute atomic E-state index is 13.1. The van der Waals surface area contributed by atoms with Crippen LogP contribution in [0.5, 0.6) is 5.75 Å². The van der Waals surface area contributed by atoms with Crippen molar-refractivity contribution < 1.29 is 19.1 Å². The molecule has 3 amide bonds. The first kappa shape index (κ1) is 24.3. The van der Waals surface area contributed by atoms with E-state index < -0.39 is 6.04 Å². The number of amides is 3. The molecule has 0 unspecified atom stereocenters. The van der Waals surface area contributed by atoms with Crippen molar-refractivity contribution in [3.05, 3.63) is 65.7 Å². The second-order valence-corrected chi connectivity index (χ2v) is 8.50. The average molecular weight is 452 g/mol. The fourth-order valence-corrected chi connectivity index (χ4v) is 4.02. The molecule has 3 rings (SSSR count). The summed E-state index contributed by atoms with van der Waals surface area (Å²) in [5.41, 5.74) is 1.10. The van der Waals surface area contributed by atoms with Gasteiger partial charge in [-0.25, -0.2) is 0 Å². The van der Waals surface area contributed by atoms with Crippen LogP contribution in [0, 0.1) is 5.92 Å². The topological polar surface area (TPSA) is 87.7 Å². The van der Waals surface area contributed by atoms with Crippen molar-refractivity contribution in [1.29, 1.82) is 0 Å². The maximum Gasteiger partial charge on any atom is 0.253 e. The van der Waals surface area contributed by atoms with Crippen LogP contribution in [-0.2, 0) is 4.79 Å². The Balaban J connectivity index is 1.71. The molecule has 1 fully saturated rings. The predicted octanol–water partition coefficient (Wildman–Crippen LogP) is 3.26. The first-order chi connectivity index (χ1) is 15.9. The van der Waals surface area contributed by atoms with E-state index in [2.05, 4.69) is 10.6 Å². The van der Waals surface area contributed by atoms with Crippen LogP contribution in [0.15, 0.2) is 54.6 Å². The van der Waals surface area contributed by atoms with Gasteiger partial charge in [-0.15, -0.1) is 0 Å². The van der Waals surface area contributed by atoms with Gasteiger partial charge < -0.3 is 20.3 Å². The molecular weight excluding hydrogens is 418 g/mol. The largest absolute Gasteiger partial charge is 0.497 e. The van der Waals surface area contributed by atoms with Gasteiger partial charge in [0, 0.05) is 30.3 Å². The smallest absolute Gasteiger partial charge is 0.253 e. The third kappa shape index (κ3) is 6.34. The monoisotopic (exact) mass is 451 g/mol. The highest BCUT2D eigenvalue weighted by atomic mass is 16.5. The number of benzene rings is 2. The highest BCUT2D eigenvalue weighted by molar-refractivity contribution is 5.98. The van der Waals surface area contributed by atoms with Gasteiger partial charge in [-0.2, -0.15) is 0 Å². The average Bonchev–Trinajstić information content (AvgIpc) is 2.87. The molecule has 2 N–H and O–H groups in total. The molecule has 0 spiro atoms. The van der Waals surface area contributed by atoms with Crippen LogP contribution in [-0.4, -0.2) is 54.9 Å². The number of methoxy groups -OCH3 is 1. The Bertz CT molecular complexity index is 955. The molecule has 33 heavy (non-hydrogen) atoms. The third-order valence-corrected chi connectivity index (χ3v) is 6.22. The molecule has 2 aromatic carbocycles. The van der Waals surface area contributed by atoms with Gasteiger partial charge in [0.05, 0.1) is 7.11 Å². The van der Waals surface area contributed by atoms with Crippen LogP contribution in [0.1, 0.15) is 53.8 Å². The van der Waals surface area contributed by atoms with Gasteiger partial charge in [-0.05, 0) is 62.4 Å². The predicted molar refractivity (Wildman–Crippen MR) is 127 cm³/mol. The molecule has 1 saturated heterocycles. The lowest BCUT2D eigenvalue weighted by Crippen LogP contribution is -2.55. The van der Waals surface area contributed by atoms with Gasteiger partial charge in [0.15, 0.2) is 0 Å². The highest BCUT2D eigenvalue weighted by Crippen LogP contribution is 2.23. The highest BCUT2D eigenvalue weighted by Gasteiger charge is 2.34. The number of nitrogens with one attached hydrogen (secondary N) is 2. The van der Waals surface area contributed by atoms with E-state index in [9.17, 15) is 14.4 Å². The van der Waals surface area contributed by atoms with Crippen molar-refractivity contribution in [3.8, 4) is 5.75 Å². The fourth-order valence-electron chi connectivity index (χ4n) is 4.02. The second-order valence-electron chi connectivity index (χ2n) is 8.50. The minimum absolute atomic E-state index is 0.00456. The number of rotatable bonds is 8. The van der Waals surface area contributed by atoms with Crippen LogP contribution < -0.4 is 15.4 Å². The summed E-state index contributed by atoms with van der Waals surface area (Å²) in [5, 5.41) is 5.96. The van der Waals surface area contributed by atoms with Gasteiger partial charge in [0.25, 0.3) is 11.8 Å². The van der Waals surface area contributed by atoms with Gasteiger partial charge in [0.2, 0.25) is 5.91 Å². The van der Waals surface area contributed by atoms with E-state index >= 15 is 0 Å². The SMILES string of the molecule is CC[C@@H](C)NC(=O)[C@H](NC(=O)c1cccc(OC)c1)C1CCN(C(=O)c2ccccc2)CC1. The summed E-state index contributed by atoms with van der Waals surface area (Å²) in [6.45, 7) is 5.03. The summed E-state index contributed by atoms with van der Waals surface area (Å²) >= 11 is 0. The molecule has 0 aromatic heterocycles. The molecule has 176 valence electrons. The van der Waals surface area contributed by atoms with Crippen LogP contribution in [0.2, 0.25) is 0 Å². The number of carbonyl (C=O) groups excluding carboxylic acids is 3. The van der Waals surface area contributed by atoms with Crippen molar-refractivity contribution in [3.63, 3.8) is 0 Å². The minimum Gasteiger partial charge on any atom is -0.497 e. The van der Waals surface area contributed by atoms with Gasteiger partial charge in [0.1, 0.15) is 11.8 Å². The molecule has 0 radical (unpaired) electrons. The summed E-state index contributed by atoms with van der Waals surface area (Å²) in [6, 6.07) is 15.4. The number of likely N-dealkylation sites (tertiary alicyclic amines) is 1. The zero-order valence-corrected chi connectivity index (χ0v) is 19.5. The van der Waals surface area contributed by atoms with Crippen molar-refractivity contribution in [2.45, 2.75) is 45.2 Å². The molecular formula is C26H33N3O4. The van der Waals surface area contributed by atoms with Crippen molar-refractivity contribution in [2.75, 3.05) is 20.2 Å². The third-order valence-electron chi connectivity index (χ3n) is 6.22. The Hall–Kier alpha value is -3.35. The van der Waals surface area contributed by atoms with Crippen LogP contribution in [0.4, 0.5) is 0 Å². The molecule has 2 atom stereocenters. The quantitative estimate of drug-likeness (QED) is 0.645. The fraction of sp³-hybridized carbons (Fsp3) is 0.423. The Morgan fingerprint density at radius 1 is 1.00 bits per heavy atom. The number of ether oxygens (including phenoxy) is 1. The molecule has 1 aliphatic rings. The van der Waals surface area contributed by atoms with Crippen LogP contribution in [0.3, 0.4) is 0 Å². The van der Waals surface area contributed by atoms with Crippen LogP contribution in [0.25, 0.3) is 0 Å². The number of hydrogen-bond donors (Lipinski definition) is 2. The molecule has 7 heteroatoms. The van der Waals surface area contributed by atoms with E-state index in [-0.39, 0.29) is 29.7 Å². The molecule has 7 nitrogen and oxygen atoms in total. The zero-order valence-electron chi connectivity index (χ0n) is 19.5. The maximum atomic E-state index is 13.1. The molecule has 0 bridgehead atoms. The standard InChI is InChI=1S/C26H33N3O4/c1-4-18(2)27-25(31)23(28-24(30)21-11-8-12-22(17-21)33-3)19-13-15-29(16-14-19)26(32)20-9-6-5-7-10-20/h5-12,17-19,23H,4,13-16H2,1-3H3,(H,27,31)(H,28,30)/t18-,23-/m1/s1. The number of nitrogens with zero attached hydrogens (tertiary/aromatic N) is 1.